The number of carbonyl (C=O) groups is 4. The van der Waals surface area contributed by atoms with Crippen LogP contribution in [0.1, 0.15) is 62.3 Å². The summed E-state index contributed by atoms with van der Waals surface area (Å²) in [6.07, 6.45) is 0. The van der Waals surface area contributed by atoms with Gasteiger partial charge in [-0.05, 0) is 63.9 Å². The molecule has 4 rings (SSSR count). The maximum absolute atomic E-state index is 13.9. The molecule has 0 N–H and O–H groups in total. The van der Waals surface area contributed by atoms with E-state index in [1.165, 1.54) is 4.90 Å². The van der Waals surface area contributed by atoms with Crippen molar-refractivity contribution >= 4 is 39.9 Å². The average Bonchev–Trinajstić information content (AvgIpc) is 3.36. The molecule has 0 saturated carbocycles. The number of ketones is 2. The van der Waals surface area contributed by atoms with Crippen LogP contribution in [0.15, 0.2) is 42.5 Å². The molecular formula is C28H28N2O6S. The van der Waals surface area contributed by atoms with Crippen LogP contribution in [0.4, 0.5) is 5.13 Å². The van der Waals surface area contributed by atoms with Crippen LogP contribution in [0, 0.1) is 26.7 Å². The largest absolute Gasteiger partial charge is 0.494 e. The maximum atomic E-state index is 13.9. The van der Waals surface area contributed by atoms with E-state index in [2.05, 4.69) is 4.98 Å². The van der Waals surface area contributed by atoms with Crippen molar-refractivity contribution in [3.8, 4) is 5.75 Å². The Bertz CT molecular complexity index is 1380. The van der Waals surface area contributed by atoms with Crippen molar-refractivity contribution < 1.29 is 28.7 Å². The maximum Gasteiger partial charge on any atom is 0.350 e. The molecule has 0 radical (unpaired) electrons. The molecule has 192 valence electrons. The molecule has 9 heteroatoms. The zero-order chi connectivity index (χ0) is 26.9. The molecule has 0 spiro atoms. The quantitative estimate of drug-likeness (QED) is 0.182. The van der Waals surface area contributed by atoms with Crippen LogP contribution in [0.25, 0.3) is 0 Å². The molecule has 2 atom stereocenters. The van der Waals surface area contributed by atoms with Gasteiger partial charge in [-0.25, -0.2) is 9.78 Å². The molecular weight excluding hydrogens is 492 g/mol. The Balaban J connectivity index is 1.82. The van der Waals surface area contributed by atoms with Gasteiger partial charge in [0, 0.05) is 5.56 Å². The van der Waals surface area contributed by atoms with Gasteiger partial charge < -0.3 is 9.47 Å². The molecule has 1 amide bonds. The van der Waals surface area contributed by atoms with Crippen LogP contribution < -0.4 is 9.64 Å². The monoisotopic (exact) mass is 520 g/mol. The van der Waals surface area contributed by atoms with E-state index in [9.17, 15) is 19.2 Å². The summed E-state index contributed by atoms with van der Waals surface area (Å²) in [5.74, 6) is -3.31. The molecule has 0 bridgehead atoms. The summed E-state index contributed by atoms with van der Waals surface area (Å²) < 4.78 is 10.6. The van der Waals surface area contributed by atoms with Crippen molar-refractivity contribution in [2.75, 3.05) is 18.1 Å². The Morgan fingerprint density at radius 2 is 1.70 bits per heavy atom. The smallest absolute Gasteiger partial charge is 0.350 e. The van der Waals surface area contributed by atoms with E-state index >= 15 is 0 Å². The lowest BCUT2D eigenvalue weighted by atomic mass is 9.85. The first kappa shape index (κ1) is 26.2. The van der Waals surface area contributed by atoms with Crippen molar-refractivity contribution in [3.63, 3.8) is 0 Å². The van der Waals surface area contributed by atoms with Gasteiger partial charge in [-0.1, -0.05) is 41.2 Å². The Kier molecular flexibility index (Phi) is 7.54. The fourth-order valence-electron chi connectivity index (χ4n) is 4.45. The highest BCUT2D eigenvalue weighted by atomic mass is 32.1. The lowest BCUT2D eigenvalue weighted by Crippen LogP contribution is -2.30. The molecule has 37 heavy (non-hydrogen) atoms. The Morgan fingerprint density at radius 3 is 2.32 bits per heavy atom. The number of anilines is 1. The molecule has 2 unspecified atom stereocenters. The Labute approximate surface area is 219 Å². The standard InChI is InChI=1S/C28H28N2O6S/c1-6-35-19-12-13-20(16(4)14-19)23(31)21-22(18-10-8-15(3)9-11-18)30(26(33)24(21)32)28-29-17(5)25(37-28)27(34)36-7-2/h8-14,21-22H,6-7H2,1-5H3. The normalized spacial score (nSPS) is 17.3. The summed E-state index contributed by atoms with van der Waals surface area (Å²) in [5, 5.41) is 0.170. The first-order valence-corrected chi connectivity index (χ1v) is 12.9. The number of carbonyl (C=O) groups excluding carboxylic acids is 4. The average molecular weight is 521 g/mol. The van der Waals surface area contributed by atoms with Crippen molar-refractivity contribution in [2.45, 2.75) is 40.7 Å². The van der Waals surface area contributed by atoms with Gasteiger partial charge in [0.2, 0.25) is 5.78 Å². The highest BCUT2D eigenvalue weighted by Crippen LogP contribution is 2.43. The molecule has 8 nitrogen and oxygen atoms in total. The first-order valence-electron chi connectivity index (χ1n) is 12.0. The predicted octanol–water partition coefficient (Wildman–Crippen LogP) is 4.80. The molecule has 0 aliphatic carbocycles. The van der Waals surface area contributed by atoms with E-state index in [1.807, 2.05) is 26.0 Å². The first-order chi connectivity index (χ1) is 17.7. The topological polar surface area (TPSA) is 103 Å². The Hall–Kier alpha value is -3.85. The fourth-order valence-corrected chi connectivity index (χ4v) is 5.45. The van der Waals surface area contributed by atoms with Gasteiger partial charge in [-0.3, -0.25) is 19.3 Å². The van der Waals surface area contributed by atoms with Gasteiger partial charge in [0.05, 0.1) is 24.9 Å². The number of ether oxygens (including phenoxy) is 2. The number of aryl methyl sites for hydroxylation is 3. The van der Waals surface area contributed by atoms with Crippen molar-refractivity contribution in [2.24, 2.45) is 5.92 Å². The molecule has 1 saturated heterocycles. The number of aromatic nitrogens is 1. The molecule has 1 aromatic heterocycles. The van der Waals surface area contributed by atoms with Gasteiger partial charge in [0.15, 0.2) is 10.9 Å². The summed E-state index contributed by atoms with van der Waals surface area (Å²) in [6, 6.07) is 11.5. The minimum absolute atomic E-state index is 0.170. The lowest BCUT2D eigenvalue weighted by molar-refractivity contribution is -0.135. The van der Waals surface area contributed by atoms with E-state index in [4.69, 9.17) is 9.47 Å². The van der Waals surface area contributed by atoms with Crippen LogP contribution in [0.3, 0.4) is 0 Å². The van der Waals surface area contributed by atoms with E-state index in [-0.39, 0.29) is 16.6 Å². The van der Waals surface area contributed by atoms with Gasteiger partial charge in [-0.2, -0.15) is 0 Å². The van der Waals surface area contributed by atoms with Crippen LogP contribution >= 0.6 is 11.3 Å². The molecule has 2 heterocycles. The van der Waals surface area contributed by atoms with Crippen LogP contribution in [0.2, 0.25) is 0 Å². The van der Waals surface area contributed by atoms with Crippen LogP contribution in [-0.4, -0.2) is 41.6 Å². The van der Waals surface area contributed by atoms with Gasteiger partial charge in [0.25, 0.3) is 5.91 Å². The van der Waals surface area contributed by atoms with Gasteiger partial charge in [0.1, 0.15) is 16.5 Å². The number of nitrogens with zero attached hydrogens (tertiary/aromatic N) is 2. The van der Waals surface area contributed by atoms with Gasteiger partial charge >= 0.3 is 5.97 Å². The second-order valence-corrected chi connectivity index (χ2v) is 9.76. The van der Waals surface area contributed by atoms with Crippen LogP contribution in [0.5, 0.6) is 5.75 Å². The second-order valence-electron chi connectivity index (χ2n) is 8.78. The molecule has 1 aliphatic rings. The summed E-state index contributed by atoms with van der Waals surface area (Å²) in [6.45, 7) is 9.57. The van der Waals surface area contributed by atoms with Crippen molar-refractivity contribution in [1.29, 1.82) is 0 Å². The highest BCUT2D eigenvalue weighted by Gasteiger charge is 2.53. The number of amides is 1. The summed E-state index contributed by atoms with van der Waals surface area (Å²) >= 11 is 0.972. The molecule has 1 aliphatic heterocycles. The predicted molar refractivity (Wildman–Crippen MR) is 139 cm³/mol. The molecule has 1 fully saturated rings. The van der Waals surface area contributed by atoms with Gasteiger partial charge in [-0.15, -0.1) is 0 Å². The molecule has 3 aromatic rings. The number of hydrogen-bond donors (Lipinski definition) is 0. The number of Topliss-reactive ketones (excluding diaryl/α,β-unsaturated/α-hetero) is 2. The number of esters is 1. The number of benzene rings is 2. The van der Waals surface area contributed by atoms with Crippen molar-refractivity contribution in [3.05, 3.63) is 75.3 Å². The summed E-state index contributed by atoms with van der Waals surface area (Å²) in [7, 11) is 0. The summed E-state index contributed by atoms with van der Waals surface area (Å²) in [4.78, 5) is 59.0. The number of rotatable bonds is 8. The zero-order valence-electron chi connectivity index (χ0n) is 21.4. The number of hydrogen-bond acceptors (Lipinski definition) is 8. The zero-order valence-corrected chi connectivity index (χ0v) is 22.2. The minimum atomic E-state index is -1.28. The highest BCUT2D eigenvalue weighted by molar-refractivity contribution is 7.17. The van der Waals surface area contributed by atoms with Crippen molar-refractivity contribution in [1.82, 2.24) is 4.98 Å². The number of thiazole rings is 1. The fraction of sp³-hybridized carbons (Fsp3) is 0.321. The summed E-state index contributed by atoms with van der Waals surface area (Å²) in [5.41, 5.74) is 2.99. The Morgan fingerprint density at radius 1 is 1.00 bits per heavy atom. The van der Waals surface area contributed by atoms with E-state index in [0.717, 1.165) is 16.9 Å². The third kappa shape index (κ3) is 4.91. The van der Waals surface area contributed by atoms with E-state index in [0.29, 0.717) is 34.7 Å². The lowest BCUT2D eigenvalue weighted by Gasteiger charge is -2.25. The SMILES string of the molecule is CCOC(=O)c1sc(N2C(=O)C(=O)C(C(=O)c3ccc(OCC)cc3C)C2c2ccc(C)cc2)nc1C. The third-order valence-corrected chi connectivity index (χ3v) is 7.37. The second kappa shape index (κ2) is 10.6. The van der Waals surface area contributed by atoms with E-state index < -0.39 is 35.4 Å². The van der Waals surface area contributed by atoms with E-state index in [1.54, 1.807) is 51.1 Å². The van der Waals surface area contributed by atoms with Crippen LogP contribution in [-0.2, 0) is 14.3 Å². The minimum Gasteiger partial charge on any atom is -0.494 e. The molecule has 2 aromatic carbocycles. The third-order valence-electron chi connectivity index (χ3n) is 6.23.